The summed E-state index contributed by atoms with van der Waals surface area (Å²) in [7, 11) is 0. The van der Waals surface area contributed by atoms with Crippen molar-refractivity contribution in [3.8, 4) is 5.75 Å². The molecule has 0 heterocycles. The second kappa shape index (κ2) is 5.37. The minimum atomic E-state index is 0.0601. The molecule has 0 spiro atoms. The molecule has 0 aliphatic carbocycles. The van der Waals surface area contributed by atoms with Gasteiger partial charge >= 0.3 is 0 Å². The van der Waals surface area contributed by atoms with Crippen LogP contribution in [0.25, 0.3) is 0 Å². The molecule has 0 fully saturated rings. The van der Waals surface area contributed by atoms with Crippen molar-refractivity contribution in [2.24, 2.45) is 0 Å². The van der Waals surface area contributed by atoms with Crippen LogP contribution >= 0.6 is 0 Å². The Hall–Kier alpha value is -2.00. The van der Waals surface area contributed by atoms with Crippen molar-refractivity contribution in [1.82, 2.24) is 0 Å². The van der Waals surface area contributed by atoms with Crippen molar-refractivity contribution in [2.45, 2.75) is 0 Å². The van der Waals surface area contributed by atoms with Gasteiger partial charge in [0, 0.05) is 24.0 Å². The molecule has 2 rings (SSSR count). The maximum Gasteiger partial charge on any atom is 0.117 e. The summed E-state index contributed by atoms with van der Waals surface area (Å²) >= 11 is 0. The average molecular weight is 229 g/mol. The maximum absolute atomic E-state index is 9.49. The van der Waals surface area contributed by atoms with Crippen LogP contribution < -0.4 is 4.90 Å². The minimum Gasteiger partial charge on any atom is -0.508 e. The molecule has 0 amide bonds. The summed E-state index contributed by atoms with van der Waals surface area (Å²) in [6, 6.07) is 16.8. The summed E-state index contributed by atoms with van der Waals surface area (Å²) in [4.78, 5) is 1.96. The highest BCUT2D eigenvalue weighted by atomic mass is 16.3. The third kappa shape index (κ3) is 2.77. The van der Waals surface area contributed by atoms with Crippen LogP contribution in [0.3, 0.4) is 0 Å². The molecule has 0 bridgehead atoms. The number of aromatic hydroxyl groups is 1. The highest BCUT2D eigenvalue weighted by Gasteiger charge is 2.08. The third-order valence-electron chi connectivity index (χ3n) is 2.53. The molecule has 0 aliphatic heterocycles. The molecule has 3 nitrogen and oxygen atoms in total. The summed E-state index contributed by atoms with van der Waals surface area (Å²) in [6.45, 7) is 0.554. The zero-order valence-electron chi connectivity index (χ0n) is 9.45. The first-order valence-electron chi connectivity index (χ1n) is 5.54. The Morgan fingerprint density at radius 2 is 1.59 bits per heavy atom. The van der Waals surface area contributed by atoms with Crippen molar-refractivity contribution in [3.05, 3.63) is 54.6 Å². The second-order valence-corrected chi connectivity index (χ2v) is 3.73. The van der Waals surface area contributed by atoms with E-state index in [-0.39, 0.29) is 12.4 Å². The number of para-hydroxylation sites is 1. The molecule has 0 aromatic heterocycles. The molecule has 0 aliphatic rings. The lowest BCUT2D eigenvalue weighted by atomic mass is 10.2. The lowest BCUT2D eigenvalue weighted by Crippen LogP contribution is -2.20. The van der Waals surface area contributed by atoms with Crippen LogP contribution in [0.4, 0.5) is 11.4 Å². The number of nitrogens with zero attached hydrogens (tertiary/aromatic N) is 1. The van der Waals surface area contributed by atoms with E-state index in [9.17, 15) is 5.11 Å². The highest BCUT2D eigenvalue weighted by Crippen LogP contribution is 2.27. The lowest BCUT2D eigenvalue weighted by molar-refractivity contribution is 0.305. The number of benzene rings is 2. The first-order chi connectivity index (χ1) is 8.31. The van der Waals surface area contributed by atoms with E-state index in [1.54, 1.807) is 18.2 Å². The molecule has 2 aromatic rings. The van der Waals surface area contributed by atoms with Crippen molar-refractivity contribution < 1.29 is 10.2 Å². The van der Waals surface area contributed by atoms with E-state index in [0.717, 1.165) is 11.4 Å². The molecule has 2 N–H and O–H groups in total. The fourth-order valence-electron chi connectivity index (χ4n) is 1.78. The van der Waals surface area contributed by atoms with E-state index in [1.165, 1.54) is 0 Å². The molecule has 0 saturated carbocycles. The van der Waals surface area contributed by atoms with Crippen LogP contribution in [-0.2, 0) is 0 Å². The molecule has 0 radical (unpaired) electrons. The van der Waals surface area contributed by atoms with E-state index in [1.807, 2.05) is 41.3 Å². The number of hydrogen-bond acceptors (Lipinski definition) is 3. The highest BCUT2D eigenvalue weighted by molar-refractivity contribution is 5.64. The monoisotopic (exact) mass is 229 g/mol. The number of anilines is 2. The Morgan fingerprint density at radius 1 is 0.882 bits per heavy atom. The Labute approximate surface area is 101 Å². The average Bonchev–Trinajstić information content (AvgIpc) is 2.37. The van der Waals surface area contributed by atoms with E-state index in [4.69, 9.17) is 5.11 Å². The molecule has 0 saturated heterocycles. The summed E-state index contributed by atoms with van der Waals surface area (Å²) < 4.78 is 0. The Kier molecular flexibility index (Phi) is 3.62. The van der Waals surface area contributed by atoms with Gasteiger partial charge in [0.1, 0.15) is 5.75 Å². The lowest BCUT2D eigenvalue weighted by Gasteiger charge is -2.24. The molecule has 17 heavy (non-hydrogen) atoms. The molecule has 0 atom stereocenters. The Bertz CT molecular complexity index is 471. The quantitative estimate of drug-likeness (QED) is 0.846. The predicted molar refractivity (Wildman–Crippen MR) is 68.6 cm³/mol. The van der Waals surface area contributed by atoms with Crippen LogP contribution in [-0.4, -0.2) is 23.4 Å². The van der Waals surface area contributed by atoms with Crippen LogP contribution in [0.2, 0.25) is 0 Å². The zero-order valence-corrected chi connectivity index (χ0v) is 9.45. The van der Waals surface area contributed by atoms with Crippen molar-refractivity contribution in [1.29, 1.82) is 0 Å². The fraction of sp³-hybridized carbons (Fsp3) is 0.143. The van der Waals surface area contributed by atoms with Gasteiger partial charge in [-0.25, -0.2) is 0 Å². The Morgan fingerprint density at radius 3 is 2.24 bits per heavy atom. The van der Waals surface area contributed by atoms with Gasteiger partial charge in [-0.15, -0.1) is 0 Å². The minimum absolute atomic E-state index is 0.0601. The van der Waals surface area contributed by atoms with Crippen LogP contribution in [0.5, 0.6) is 5.75 Å². The summed E-state index contributed by atoms with van der Waals surface area (Å²) in [6.07, 6.45) is 0. The summed E-state index contributed by atoms with van der Waals surface area (Å²) in [5, 5.41) is 18.6. The molecular formula is C14H15NO2. The van der Waals surface area contributed by atoms with Gasteiger partial charge in [0.25, 0.3) is 0 Å². The van der Waals surface area contributed by atoms with Gasteiger partial charge in [-0.1, -0.05) is 24.3 Å². The van der Waals surface area contributed by atoms with E-state index in [2.05, 4.69) is 0 Å². The molecule has 0 unspecified atom stereocenters. The molecular weight excluding hydrogens is 214 g/mol. The second-order valence-electron chi connectivity index (χ2n) is 3.73. The number of phenolic OH excluding ortho intramolecular Hbond substituents is 1. The number of hydrogen-bond donors (Lipinski definition) is 2. The first kappa shape index (κ1) is 11.5. The number of rotatable bonds is 4. The number of aliphatic hydroxyl groups excluding tert-OH is 1. The molecule has 2 aromatic carbocycles. The van der Waals surface area contributed by atoms with E-state index in [0.29, 0.717) is 6.54 Å². The topological polar surface area (TPSA) is 43.7 Å². The van der Waals surface area contributed by atoms with Crippen LogP contribution in [0, 0.1) is 0 Å². The SMILES string of the molecule is OCCN(c1ccccc1)c1cccc(O)c1. The summed E-state index contributed by atoms with van der Waals surface area (Å²) in [5.74, 6) is 0.223. The van der Waals surface area contributed by atoms with Gasteiger partial charge in [0.2, 0.25) is 0 Å². The predicted octanol–water partition coefficient (Wildman–Crippen LogP) is 2.52. The van der Waals surface area contributed by atoms with Gasteiger partial charge in [0.05, 0.1) is 6.61 Å². The number of phenols is 1. The smallest absolute Gasteiger partial charge is 0.117 e. The third-order valence-corrected chi connectivity index (χ3v) is 2.53. The normalized spacial score (nSPS) is 10.2. The molecule has 3 heteroatoms. The van der Waals surface area contributed by atoms with E-state index >= 15 is 0 Å². The largest absolute Gasteiger partial charge is 0.508 e. The van der Waals surface area contributed by atoms with Crippen LogP contribution in [0.1, 0.15) is 0 Å². The van der Waals surface area contributed by atoms with Crippen molar-refractivity contribution in [2.75, 3.05) is 18.1 Å². The van der Waals surface area contributed by atoms with Gasteiger partial charge in [-0.05, 0) is 24.3 Å². The standard InChI is InChI=1S/C14H15NO2/c16-10-9-15(12-5-2-1-3-6-12)13-7-4-8-14(17)11-13/h1-8,11,16-17H,9-10H2. The Balaban J connectivity index is 2.35. The fourth-order valence-corrected chi connectivity index (χ4v) is 1.78. The first-order valence-corrected chi connectivity index (χ1v) is 5.54. The van der Waals surface area contributed by atoms with Gasteiger partial charge < -0.3 is 15.1 Å². The molecule has 88 valence electrons. The zero-order chi connectivity index (χ0) is 12.1. The van der Waals surface area contributed by atoms with Crippen molar-refractivity contribution >= 4 is 11.4 Å². The van der Waals surface area contributed by atoms with Crippen molar-refractivity contribution in [3.63, 3.8) is 0 Å². The number of aliphatic hydroxyl groups is 1. The van der Waals surface area contributed by atoms with Crippen LogP contribution in [0.15, 0.2) is 54.6 Å². The summed E-state index contributed by atoms with van der Waals surface area (Å²) in [5.41, 5.74) is 1.86. The van der Waals surface area contributed by atoms with E-state index < -0.39 is 0 Å². The van der Waals surface area contributed by atoms with Gasteiger partial charge in [-0.3, -0.25) is 0 Å². The maximum atomic E-state index is 9.49. The van der Waals surface area contributed by atoms with Gasteiger partial charge in [0.15, 0.2) is 0 Å². The van der Waals surface area contributed by atoms with Gasteiger partial charge in [-0.2, -0.15) is 0 Å².